The van der Waals surface area contributed by atoms with Gasteiger partial charge in [-0.25, -0.2) is 8.42 Å². The molecule has 0 heterocycles. The smallest absolute Gasteiger partial charge is 0.240 e. The predicted molar refractivity (Wildman–Crippen MR) is 81.0 cm³/mol. The van der Waals surface area contributed by atoms with Crippen LogP contribution < -0.4 is 0 Å². The van der Waals surface area contributed by atoms with E-state index in [1.54, 1.807) is 26.1 Å². The van der Waals surface area contributed by atoms with Gasteiger partial charge >= 0.3 is 0 Å². The summed E-state index contributed by atoms with van der Waals surface area (Å²) >= 11 is 0. The first kappa shape index (κ1) is 16.4. The van der Waals surface area contributed by atoms with Gasteiger partial charge in [0.1, 0.15) is 5.25 Å². The third kappa shape index (κ3) is 4.49. The van der Waals surface area contributed by atoms with Crippen LogP contribution in [0.1, 0.15) is 19.4 Å². The van der Waals surface area contributed by atoms with Gasteiger partial charge in [0.15, 0.2) is 9.84 Å². The summed E-state index contributed by atoms with van der Waals surface area (Å²) in [5.74, 6) is -0.478. The maximum Gasteiger partial charge on any atom is 0.240 e. The SMILES string of the molecule is CC=CCS(=O)(=O)C(C)C(=O)N(C)Cc1ccccc1. The number of rotatable bonds is 6. The van der Waals surface area contributed by atoms with E-state index in [0.29, 0.717) is 6.54 Å². The largest absolute Gasteiger partial charge is 0.340 e. The molecular weight excluding hydrogens is 274 g/mol. The minimum Gasteiger partial charge on any atom is -0.340 e. The van der Waals surface area contributed by atoms with Gasteiger partial charge in [0.05, 0.1) is 5.75 Å². The van der Waals surface area contributed by atoms with Gasteiger partial charge in [-0.15, -0.1) is 0 Å². The Balaban J connectivity index is 2.74. The van der Waals surface area contributed by atoms with E-state index in [1.807, 2.05) is 30.3 Å². The summed E-state index contributed by atoms with van der Waals surface area (Å²) in [5.41, 5.74) is 0.974. The lowest BCUT2D eigenvalue weighted by Gasteiger charge is -2.21. The molecule has 1 amide bonds. The van der Waals surface area contributed by atoms with E-state index in [1.165, 1.54) is 11.8 Å². The molecule has 0 aromatic heterocycles. The normalized spacial score (nSPS) is 13.3. The highest BCUT2D eigenvalue weighted by Crippen LogP contribution is 2.09. The van der Waals surface area contributed by atoms with E-state index in [2.05, 4.69) is 0 Å². The van der Waals surface area contributed by atoms with E-state index >= 15 is 0 Å². The number of amides is 1. The first-order chi connectivity index (χ1) is 9.38. The zero-order chi connectivity index (χ0) is 15.2. The molecule has 0 aliphatic heterocycles. The van der Waals surface area contributed by atoms with Gasteiger partial charge in [0.2, 0.25) is 5.91 Å². The monoisotopic (exact) mass is 295 g/mol. The number of carbonyl (C=O) groups excluding carboxylic acids is 1. The van der Waals surface area contributed by atoms with Crippen molar-refractivity contribution in [1.29, 1.82) is 0 Å². The van der Waals surface area contributed by atoms with E-state index in [4.69, 9.17) is 0 Å². The fourth-order valence-corrected chi connectivity index (χ4v) is 3.01. The fourth-order valence-electron chi connectivity index (χ4n) is 1.77. The Labute approximate surface area is 121 Å². The number of carbonyl (C=O) groups is 1. The highest BCUT2D eigenvalue weighted by molar-refractivity contribution is 7.92. The summed E-state index contributed by atoms with van der Waals surface area (Å²) in [6.07, 6.45) is 3.22. The zero-order valence-corrected chi connectivity index (χ0v) is 12.9. The summed E-state index contributed by atoms with van der Waals surface area (Å²) in [6, 6.07) is 9.49. The van der Waals surface area contributed by atoms with Gasteiger partial charge in [-0.2, -0.15) is 0 Å². The molecule has 110 valence electrons. The third-order valence-corrected chi connectivity index (χ3v) is 5.03. The Hall–Kier alpha value is -1.62. The molecule has 4 nitrogen and oxygen atoms in total. The van der Waals surface area contributed by atoms with Gasteiger partial charge in [0, 0.05) is 13.6 Å². The molecule has 5 heteroatoms. The van der Waals surface area contributed by atoms with Crippen LogP contribution in [0, 0.1) is 0 Å². The summed E-state index contributed by atoms with van der Waals surface area (Å²) < 4.78 is 24.0. The molecule has 1 aromatic carbocycles. The first-order valence-corrected chi connectivity index (χ1v) is 8.21. The van der Waals surface area contributed by atoms with Crippen molar-refractivity contribution >= 4 is 15.7 Å². The Morgan fingerprint density at radius 1 is 1.30 bits per heavy atom. The number of hydrogen-bond acceptors (Lipinski definition) is 3. The molecule has 1 atom stereocenters. The van der Waals surface area contributed by atoms with Gasteiger partial charge < -0.3 is 4.90 Å². The summed E-state index contributed by atoms with van der Waals surface area (Å²) in [7, 11) is -1.81. The van der Waals surface area contributed by atoms with Crippen molar-refractivity contribution < 1.29 is 13.2 Å². The lowest BCUT2D eigenvalue weighted by atomic mass is 10.2. The highest BCUT2D eigenvalue weighted by atomic mass is 32.2. The summed E-state index contributed by atoms with van der Waals surface area (Å²) in [5, 5.41) is -1.02. The van der Waals surface area contributed by atoms with Crippen molar-refractivity contribution in [3.05, 3.63) is 48.0 Å². The Morgan fingerprint density at radius 2 is 1.90 bits per heavy atom. The zero-order valence-electron chi connectivity index (χ0n) is 12.1. The van der Waals surface area contributed by atoms with Gasteiger partial charge in [-0.3, -0.25) is 4.79 Å². The van der Waals surface area contributed by atoms with Crippen LogP contribution in [0.5, 0.6) is 0 Å². The van der Waals surface area contributed by atoms with Crippen molar-refractivity contribution in [2.45, 2.75) is 25.6 Å². The Bertz CT molecular complexity index is 564. The van der Waals surface area contributed by atoms with Crippen LogP contribution in [-0.2, 0) is 21.2 Å². The Morgan fingerprint density at radius 3 is 2.45 bits per heavy atom. The second-order valence-electron chi connectivity index (χ2n) is 4.72. The second-order valence-corrected chi connectivity index (χ2v) is 7.09. The fraction of sp³-hybridized carbons (Fsp3) is 0.400. The molecule has 0 N–H and O–H groups in total. The topological polar surface area (TPSA) is 54.5 Å². The van der Waals surface area contributed by atoms with Crippen LogP contribution in [0.4, 0.5) is 0 Å². The molecule has 1 unspecified atom stereocenters. The molecule has 0 radical (unpaired) electrons. The molecule has 1 rings (SSSR count). The lowest BCUT2D eigenvalue weighted by Crippen LogP contribution is -2.39. The highest BCUT2D eigenvalue weighted by Gasteiger charge is 2.29. The molecule has 0 fully saturated rings. The molecule has 1 aromatic rings. The lowest BCUT2D eigenvalue weighted by molar-refractivity contribution is -0.129. The molecule has 0 saturated heterocycles. The van der Waals surface area contributed by atoms with Gasteiger partial charge in [0.25, 0.3) is 0 Å². The molecule has 0 aliphatic carbocycles. The molecule has 0 spiro atoms. The maximum atomic E-state index is 12.2. The van der Waals surface area contributed by atoms with Crippen LogP contribution in [0.15, 0.2) is 42.5 Å². The van der Waals surface area contributed by atoms with Crippen LogP contribution >= 0.6 is 0 Å². The molecule has 20 heavy (non-hydrogen) atoms. The Kier molecular flexibility index (Phi) is 5.95. The number of nitrogens with zero attached hydrogens (tertiary/aromatic N) is 1. The first-order valence-electron chi connectivity index (χ1n) is 6.50. The summed E-state index contributed by atoms with van der Waals surface area (Å²) in [6.45, 7) is 3.61. The number of benzene rings is 1. The maximum absolute atomic E-state index is 12.2. The van der Waals surface area contributed by atoms with E-state index in [0.717, 1.165) is 5.56 Å². The minimum absolute atomic E-state index is 0.102. The predicted octanol–water partition coefficient (Wildman–Crippen LogP) is 2.02. The molecular formula is C15H21NO3S. The standard InChI is InChI=1S/C15H21NO3S/c1-4-5-11-20(18,19)13(2)15(17)16(3)12-14-9-7-6-8-10-14/h4-10,13H,11-12H2,1-3H3. The minimum atomic E-state index is -3.44. The number of sulfone groups is 1. The second kappa shape index (κ2) is 7.24. The van der Waals surface area contributed by atoms with Gasteiger partial charge in [-0.1, -0.05) is 42.5 Å². The molecule has 0 saturated carbocycles. The average Bonchev–Trinajstić information content (AvgIpc) is 2.44. The average molecular weight is 295 g/mol. The quantitative estimate of drug-likeness (QED) is 0.755. The van der Waals surface area contributed by atoms with Crippen LogP contribution in [0.25, 0.3) is 0 Å². The molecule has 0 aliphatic rings. The van der Waals surface area contributed by atoms with Gasteiger partial charge in [-0.05, 0) is 19.4 Å². The molecule has 0 bridgehead atoms. The van der Waals surface area contributed by atoms with Crippen LogP contribution in [0.2, 0.25) is 0 Å². The van der Waals surface area contributed by atoms with Crippen molar-refractivity contribution in [2.24, 2.45) is 0 Å². The van der Waals surface area contributed by atoms with E-state index < -0.39 is 15.1 Å². The number of hydrogen-bond donors (Lipinski definition) is 0. The van der Waals surface area contributed by atoms with E-state index in [-0.39, 0.29) is 11.7 Å². The van der Waals surface area contributed by atoms with Crippen molar-refractivity contribution in [3.63, 3.8) is 0 Å². The summed E-state index contributed by atoms with van der Waals surface area (Å²) in [4.78, 5) is 13.6. The number of allylic oxidation sites excluding steroid dienone is 1. The van der Waals surface area contributed by atoms with Crippen LogP contribution in [0.3, 0.4) is 0 Å². The van der Waals surface area contributed by atoms with Crippen LogP contribution in [-0.4, -0.2) is 37.3 Å². The van der Waals surface area contributed by atoms with Crippen molar-refractivity contribution in [2.75, 3.05) is 12.8 Å². The van der Waals surface area contributed by atoms with E-state index in [9.17, 15) is 13.2 Å². The third-order valence-electron chi connectivity index (χ3n) is 3.09. The van der Waals surface area contributed by atoms with Crippen molar-refractivity contribution in [1.82, 2.24) is 4.90 Å². The van der Waals surface area contributed by atoms with Crippen molar-refractivity contribution in [3.8, 4) is 0 Å².